The first-order valence-electron chi connectivity index (χ1n) is 6.29. The lowest BCUT2D eigenvalue weighted by Crippen LogP contribution is -2.20. The zero-order chi connectivity index (χ0) is 13.8. The minimum absolute atomic E-state index is 0.0291. The molecule has 3 heteroatoms. The predicted octanol–water partition coefficient (Wildman–Crippen LogP) is 4.40. The number of benzene rings is 2. The summed E-state index contributed by atoms with van der Waals surface area (Å²) >= 11 is 3.24. The Morgan fingerprint density at radius 1 is 1.16 bits per heavy atom. The van der Waals surface area contributed by atoms with Crippen LogP contribution in [0.25, 0.3) is 0 Å². The van der Waals surface area contributed by atoms with E-state index in [4.69, 9.17) is 0 Å². The molecule has 2 aromatic rings. The van der Waals surface area contributed by atoms with Gasteiger partial charge in [-0.2, -0.15) is 0 Å². The smallest absolute Gasteiger partial charge is 0.142 e. The van der Waals surface area contributed by atoms with Crippen LogP contribution in [-0.4, -0.2) is 7.05 Å². The molecule has 1 nitrogen and oxygen atoms in total. The second-order valence-corrected chi connectivity index (χ2v) is 5.47. The fourth-order valence-electron chi connectivity index (χ4n) is 2.22. The Morgan fingerprint density at radius 2 is 1.89 bits per heavy atom. The van der Waals surface area contributed by atoms with E-state index in [1.807, 2.05) is 31.3 Å². The van der Waals surface area contributed by atoms with Gasteiger partial charge >= 0.3 is 0 Å². The van der Waals surface area contributed by atoms with Crippen molar-refractivity contribution in [1.82, 2.24) is 5.32 Å². The molecule has 0 radical (unpaired) electrons. The summed E-state index contributed by atoms with van der Waals surface area (Å²) in [6.45, 7) is 2.08. The Bertz CT molecular complexity index is 568. The molecule has 0 aliphatic heterocycles. The zero-order valence-corrected chi connectivity index (χ0v) is 12.7. The largest absolute Gasteiger partial charge is 0.313 e. The van der Waals surface area contributed by atoms with Crippen molar-refractivity contribution in [1.29, 1.82) is 0 Å². The highest BCUT2D eigenvalue weighted by Crippen LogP contribution is 2.26. The van der Waals surface area contributed by atoms with Gasteiger partial charge in [0.15, 0.2) is 0 Å². The molecule has 1 N–H and O–H groups in total. The fraction of sp³-hybridized carbons (Fsp3) is 0.250. The first kappa shape index (κ1) is 14.2. The molecular formula is C16H17BrFN. The standard InChI is InChI=1S/C16H17BrFN/c1-11-6-3-4-7-12(11)10-15(19-2)13-8-5-9-14(17)16(13)18/h3-9,15,19H,10H2,1-2H3. The molecule has 0 aliphatic carbocycles. The lowest BCUT2D eigenvalue weighted by atomic mass is 9.96. The Labute approximate surface area is 122 Å². The van der Waals surface area contributed by atoms with Crippen LogP contribution in [0.3, 0.4) is 0 Å². The van der Waals surface area contributed by atoms with Gasteiger partial charge in [0.25, 0.3) is 0 Å². The monoisotopic (exact) mass is 321 g/mol. The lowest BCUT2D eigenvalue weighted by Gasteiger charge is -2.19. The molecular weight excluding hydrogens is 305 g/mol. The van der Waals surface area contributed by atoms with Crippen LogP contribution in [0.4, 0.5) is 4.39 Å². The summed E-state index contributed by atoms with van der Waals surface area (Å²) < 4.78 is 14.7. The van der Waals surface area contributed by atoms with Crippen LogP contribution < -0.4 is 5.32 Å². The SMILES string of the molecule is CNC(Cc1ccccc1C)c1cccc(Br)c1F. The molecule has 0 fully saturated rings. The molecule has 1 atom stereocenters. The first-order valence-corrected chi connectivity index (χ1v) is 7.08. The lowest BCUT2D eigenvalue weighted by molar-refractivity contribution is 0.530. The highest BCUT2D eigenvalue weighted by atomic mass is 79.9. The van der Waals surface area contributed by atoms with Gasteiger partial charge in [0, 0.05) is 11.6 Å². The van der Waals surface area contributed by atoms with Gasteiger partial charge in [-0.15, -0.1) is 0 Å². The second-order valence-electron chi connectivity index (χ2n) is 4.61. The minimum Gasteiger partial charge on any atom is -0.313 e. The van der Waals surface area contributed by atoms with E-state index < -0.39 is 0 Å². The van der Waals surface area contributed by atoms with Gasteiger partial charge in [-0.3, -0.25) is 0 Å². The van der Waals surface area contributed by atoms with Gasteiger partial charge in [-0.25, -0.2) is 4.39 Å². The van der Waals surface area contributed by atoms with Crippen LogP contribution >= 0.6 is 15.9 Å². The van der Waals surface area contributed by atoms with E-state index in [1.54, 1.807) is 6.07 Å². The maximum absolute atomic E-state index is 14.2. The summed E-state index contributed by atoms with van der Waals surface area (Å²) in [5.74, 6) is -0.185. The number of nitrogens with one attached hydrogen (secondary N) is 1. The average Bonchev–Trinajstić information content (AvgIpc) is 2.41. The van der Waals surface area contributed by atoms with Gasteiger partial charge in [-0.1, -0.05) is 36.4 Å². The Hall–Kier alpha value is -1.19. The number of hydrogen-bond donors (Lipinski definition) is 1. The number of halogens is 2. The molecule has 0 aliphatic rings. The minimum atomic E-state index is -0.185. The van der Waals surface area contributed by atoms with Gasteiger partial charge in [-0.05, 0) is 53.5 Å². The molecule has 0 spiro atoms. The summed E-state index contributed by atoms with van der Waals surface area (Å²) in [6, 6.07) is 13.6. The number of hydrogen-bond acceptors (Lipinski definition) is 1. The van der Waals surface area contributed by atoms with Crippen LogP contribution in [-0.2, 0) is 6.42 Å². The maximum Gasteiger partial charge on any atom is 0.142 e. The van der Waals surface area contributed by atoms with Crippen molar-refractivity contribution in [2.75, 3.05) is 7.05 Å². The topological polar surface area (TPSA) is 12.0 Å². The van der Waals surface area contributed by atoms with Crippen LogP contribution in [0.5, 0.6) is 0 Å². The molecule has 0 bridgehead atoms. The van der Waals surface area contributed by atoms with E-state index in [0.717, 1.165) is 6.42 Å². The van der Waals surface area contributed by atoms with Crippen LogP contribution in [0.1, 0.15) is 22.7 Å². The molecule has 0 amide bonds. The molecule has 1 unspecified atom stereocenters. The van der Waals surface area contributed by atoms with E-state index in [1.165, 1.54) is 11.1 Å². The number of aryl methyl sites for hydroxylation is 1. The van der Waals surface area contributed by atoms with Crippen molar-refractivity contribution < 1.29 is 4.39 Å². The van der Waals surface area contributed by atoms with Crippen molar-refractivity contribution in [3.8, 4) is 0 Å². The van der Waals surface area contributed by atoms with Gasteiger partial charge in [0.05, 0.1) is 4.47 Å². The highest BCUT2D eigenvalue weighted by Gasteiger charge is 2.16. The van der Waals surface area contributed by atoms with Crippen molar-refractivity contribution in [3.05, 3.63) is 69.4 Å². The molecule has 0 saturated heterocycles. The van der Waals surface area contributed by atoms with Crippen LogP contribution in [0.2, 0.25) is 0 Å². The zero-order valence-electron chi connectivity index (χ0n) is 11.1. The third-order valence-corrected chi connectivity index (χ3v) is 4.00. The highest BCUT2D eigenvalue weighted by molar-refractivity contribution is 9.10. The van der Waals surface area contributed by atoms with E-state index in [-0.39, 0.29) is 11.9 Å². The fourth-order valence-corrected chi connectivity index (χ4v) is 2.60. The van der Waals surface area contributed by atoms with Crippen molar-refractivity contribution in [3.63, 3.8) is 0 Å². The maximum atomic E-state index is 14.2. The number of likely N-dealkylation sites (N-methyl/N-ethyl adjacent to an activating group) is 1. The molecule has 2 rings (SSSR count). The average molecular weight is 322 g/mol. The molecule has 100 valence electrons. The second kappa shape index (κ2) is 6.31. The van der Waals surface area contributed by atoms with Crippen molar-refractivity contribution in [2.45, 2.75) is 19.4 Å². The third-order valence-electron chi connectivity index (χ3n) is 3.39. The normalized spacial score (nSPS) is 12.4. The Morgan fingerprint density at radius 3 is 2.58 bits per heavy atom. The van der Waals surface area contributed by atoms with E-state index in [2.05, 4.69) is 40.3 Å². The Kier molecular flexibility index (Phi) is 4.72. The van der Waals surface area contributed by atoms with Crippen molar-refractivity contribution >= 4 is 15.9 Å². The van der Waals surface area contributed by atoms with Gasteiger partial charge < -0.3 is 5.32 Å². The van der Waals surface area contributed by atoms with Crippen molar-refractivity contribution in [2.24, 2.45) is 0 Å². The summed E-state index contributed by atoms with van der Waals surface area (Å²) in [4.78, 5) is 0. The quantitative estimate of drug-likeness (QED) is 0.880. The van der Waals surface area contributed by atoms with E-state index >= 15 is 0 Å². The number of rotatable bonds is 4. The van der Waals surface area contributed by atoms with Crippen LogP contribution in [0, 0.1) is 12.7 Å². The molecule has 2 aromatic carbocycles. The summed E-state index contributed by atoms with van der Waals surface area (Å²) in [7, 11) is 1.86. The summed E-state index contributed by atoms with van der Waals surface area (Å²) in [6.07, 6.45) is 0.774. The predicted molar refractivity (Wildman–Crippen MR) is 80.8 cm³/mol. The molecule has 0 saturated carbocycles. The molecule has 0 aromatic heterocycles. The first-order chi connectivity index (χ1) is 9.13. The van der Waals surface area contributed by atoms with Gasteiger partial charge in [0.1, 0.15) is 5.82 Å². The summed E-state index contributed by atoms with van der Waals surface area (Å²) in [5.41, 5.74) is 3.17. The van der Waals surface area contributed by atoms with E-state index in [9.17, 15) is 4.39 Å². The molecule has 19 heavy (non-hydrogen) atoms. The van der Waals surface area contributed by atoms with Crippen LogP contribution in [0.15, 0.2) is 46.9 Å². The Balaban J connectivity index is 2.31. The van der Waals surface area contributed by atoms with Gasteiger partial charge in [0.2, 0.25) is 0 Å². The van der Waals surface area contributed by atoms with E-state index in [0.29, 0.717) is 10.0 Å². The third kappa shape index (κ3) is 3.23. The summed E-state index contributed by atoms with van der Waals surface area (Å²) in [5, 5.41) is 3.20. The molecule has 0 heterocycles.